The monoisotopic (exact) mass is 179 g/mol. The van der Waals surface area contributed by atoms with Gasteiger partial charge in [-0.05, 0) is 6.92 Å². The molecule has 0 aliphatic carbocycles. The van der Waals surface area contributed by atoms with Gasteiger partial charge in [-0.2, -0.15) is 0 Å². The van der Waals surface area contributed by atoms with Crippen LogP contribution in [0, 0.1) is 0 Å². The van der Waals surface area contributed by atoms with Gasteiger partial charge in [0, 0.05) is 6.92 Å². The van der Waals surface area contributed by atoms with Crippen LogP contribution in [0.15, 0.2) is 22.3 Å². The van der Waals surface area contributed by atoms with E-state index in [1.54, 1.807) is 6.92 Å². The SMILES string of the molecule is C=C1N=C(NC(C)=O)C(=O)N=C1C. The molecule has 0 aromatic carbocycles. The van der Waals surface area contributed by atoms with Gasteiger partial charge in [0.25, 0.3) is 0 Å². The van der Waals surface area contributed by atoms with Crippen LogP contribution in [0.3, 0.4) is 0 Å². The smallest absolute Gasteiger partial charge is 0.306 e. The Balaban J connectivity index is 2.89. The van der Waals surface area contributed by atoms with Gasteiger partial charge in [0.15, 0.2) is 0 Å². The lowest BCUT2D eigenvalue weighted by molar-refractivity contribution is -0.119. The van der Waals surface area contributed by atoms with Gasteiger partial charge in [-0.1, -0.05) is 6.58 Å². The first-order chi connectivity index (χ1) is 6.00. The largest absolute Gasteiger partial charge is 0.313 e. The standard InChI is InChI=1S/C8H9N3O2/c1-4-5(2)10-8(13)7(9-4)11-6(3)12/h1H2,2-3H3,(H,9,11,12). The van der Waals surface area contributed by atoms with E-state index in [9.17, 15) is 9.59 Å². The molecule has 0 spiro atoms. The first-order valence-electron chi connectivity index (χ1n) is 3.66. The van der Waals surface area contributed by atoms with Gasteiger partial charge in [0.05, 0.1) is 11.4 Å². The molecule has 2 amide bonds. The van der Waals surface area contributed by atoms with Crippen molar-refractivity contribution < 1.29 is 9.59 Å². The lowest BCUT2D eigenvalue weighted by Gasteiger charge is -2.09. The number of nitrogens with zero attached hydrogens (tertiary/aromatic N) is 2. The van der Waals surface area contributed by atoms with Crippen molar-refractivity contribution in [2.45, 2.75) is 13.8 Å². The first-order valence-corrected chi connectivity index (χ1v) is 3.66. The molecule has 0 saturated heterocycles. The Bertz CT molecular complexity index is 352. The summed E-state index contributed by atoms with van der Waals surface area (Å²) in [4.78, 5) is 29.2. The highest BCUT2D eigenvalue weighted by atomic mass is 16.2. The van der Waals surface area contributed by atoms with Gasteiger partial charge in [0.2, 0.25) is 11.7 Å². The second kappa shape index (κ2) is 3.30. The highest BCUT2D eigenvalue weighted by Crippen LogP contribution is 2.04. The third-order valence-electron chi connectivity index (χ3n) is 1.43. The molecule has 0 aromatic heterocycles. The minimum atomic E-state index is -0.542. The molecule has 0 unspecified atom stereocenters. The molecule has 1 N–H and O–H groups in total. The van der Waals surface area contributed by atoms with Crippen LogP contribution in [0.25, 0.3) is 0 Å². The lowest BCUT2D eigenvalue weighted by atomic mass is 10.3. The Kier molecular flexibility index (Phi) is 2.36. The quantitative estimate of drug-likeness (QED) is 0.570. The summed E-state index contributed by atoms with van der Waals surface area (Å²) in [6.07, 6.45) is 0. The molecular weight excluding hydrogens is 170 g/mol. The first kappa shape index (κ1) is 9.31. The number of hydrogen-bond donors (Lipinski definition) is 1. The molecular formula is C8H9N3O2. The van der Waals surface area contributed by atoms with Crippen LogP contribution in [0.4, 0.5) is 0 Å². The third kappa shape index (κ3) is 2.08. The zero-order chi connectivity index (χ0) is 10.0. The van der Waals surface area contributed by atoms with E-state index in [4.69, 9.17) is 0 Å². The zero-order valence-electron chi connectivity index (χ0n) is 7.42. The summed E-state index contributed by atoms with van der Waals surface area (Å²) >= 11 is 0. The van der Waals surface area contributed by atoms with Crippen molar-refractivity contribution in [1.29, 1.82) is 0 Å². The maximum atomic E-state index is 11.1. The number of carbonyl (C=O) groups is 2. The summed E-state index contributed by atoms with van der Waals surface area (Å²) in [6, 6.07) is 0. The fraction of sp³-hybridized carbons (Fsp3) is 0.250. The number of carbonyl (C=O) groups excluding carboxylic acids is 2. The number of amides is 2. The second-order valence-electron chi connectivity index (χ2n) is 2.59. The van der Waals surface area contributed by atoms with E-state index in [1.165, 1.54) is 6.92 Å². The van der Waals surface area contributed by atoms with Gasteiger partial charge in [-0.25, -0.2) is 9.98 Å². The third-order valence-corrected chi connectivity index (χ3v) is 1.43. The minimum absolute atomic E-state index is 0.0666. The molecule has 5 heteroatoms. The molecule has 5 nitrogen and oxygen atoms in total. The van der Waals surface area contributed by atoms with E-state index in [0.29, 0.717) is 11.4 Å². The number of rotatable bonds is 0. The molecule has 0 bridgehead atoms. The average Bonchev–Trinajstić information content (AvgIpc) is 1.99. The predicted molar refractivity (Wildman–Crippen MR) is 48.5 cm³/mol. The predicted octanol–water partition coefficient (Wildman–Crippen LogP) is 0.0358. The van der Waals surface area contributed by atoms with E-state index in [2.05, 4.69) is 21.9 Å². The summed E-state index contributed by atoms with van der Waals surface area (Å²) in [5.41, 5.74) is 0.863. The van der Waals surface area contributed by atoms with E-state index >= 15 is 0 Å². The van der Waals surface area contributed by atoms with Crippen molar-refractivity contribution in [3.63, 3.8) is 0 Å². The van der Waals surface area contributed by atoms with Crippen LogP contribution in [-0.2, 0) is 9.59 Å². The summed E-state index contributed by atoms with van der Waals surface area (Å²) in [6.45, 7) is 6.49. The van der Waals surface area contributed by atoms with Gasteiger partial charge in [-0.15, -0.1) is 0 Å². The van der Waals surface area contributed by atoms with Gasteiger partial charge in [-0.3, -0.25) is 9.59 Å². The van der Waals surface area contributed by atoms with E-state index < -0.39 is 5.91 Å². The summed E-state index contributed by atoms with van der Waals surface area (Å²) in [5.74, 6) is -0.960. The Morgan fingerprint density at radius 1 is 1.46 bits per heavy atom. The molecule has 13 heavy (non-hydrogen) atoms. The minimum Gasteiger partial charge on any atom is -0.306 e. The van der Waals surface area contributed by atoms with Crippen LogP contribution in [-0.4, -0.2) is 23.4 Å². The molecule has 0 fully saturated rings. The maximum absolute atomic E-state index is 11.1. The van der Waals surface area contributed by atoms with Gasteiger partial charge < -0.3 is 5.32 Å². The maximum Gasteiger partial charge on any atom is 0.313 e. The van der Waals surface area contributed by atoms with Crippen LogP contribution in [0.1, 0.15) is 13.8 Å². The van der Waals surface area contributed by atoms with Crippen molar-refractivity contribution in [3.8, 4) is 0 Å². The number of nitrogens with one attached hydrogen (secondary N) is 1. The Morgan fingerprint density at radius 3 is 2.62 bits per heavy atom. The summed E-state index contributed by atoms with van der Waals surface area (Å²) in [5, 5.41) is 2.28. The number of aliphatic imine (C=N–C) groups is 2. The van der Waals surface area contributed by atoms with Crippen LogP contribution >= 0.6 is 0 Å². The summed E-state index contributed by atoms with van der Waals surface area (Å²) in [7, 11) is 0. The Hall–Kier alpha value is -1.78. The van der Waals surface area contributed by atoms with Crippen LogP contribution in [0.5, 0.6) is 0 Å². The lowest BCUT2D eigenvalue weighted by Crippen LogP contribution is -2.36. The second-order valence-corrected chi connectivity index (χ2v) is 2.59. The topological polar surface area (TPSA) is 70.9 Å². The van der Waals surface area contributed by atoms with Crippen molar-refractivity contribution in [3.05, 3.63) is 12.3 Å². The van der Waals surface area contributed by atoms with E-state index in [0.717, 1.165) is 0 Å². The van der Waals surface area contributed by atoms with Crippen LogP contribution < -0.4 is 5.32 Å². The summed E-state index contributed by atoms with van der Waals surface area (Å²) < 4.78 is 0. The van der Waals surface area contributed by atoms with Gasteiger partial charge >= 0.3 is 5.91 Å². The molecule has 0 radical (unpaired) electrons. The highest BCUT2D eigenvalue weighted by molar-refractivity contribution is 6.44. The Labute approximate surface area is 75.3 Å². The highest BCUT2D eigenvalue weighted by Gasteiger charge is 2.18. The molecule has 1 heterocycles. The molecule has 0 atom stereocenters. The molecule has 1 aliphatic heterocycles. The van der Waals surface area contributed by atoms with Crippen molar-refractivity contribution in [1.82, 2.24) is 5.32 Å². The normalized spacial score (nSPS) is 16.5. The molecule has 0 aromatic rings. The van der Waals surface area contributed by atoms with Crippen LogP contribution in [0.2, 0.25) is 0 Å². The number of amidine groups is 1. The molecule has 1 aliphatic rings. The molecule has 0 saturated carbocycles. The van der Waals surface area contributed by atoms with E-state index in [-0.39, 0.29) is 11.7 Å². The van der Waals surface area contributed by atoms with Gasteiger partial charge in [0.1, 0.15) is 0 Å². The number of allylic oxidation sites excluding steroid dienone is 1. The van der Waals surface area contributed by atoms with Crippen molar-refractivity contribution in [2.24, 2.45) is 9.98 Å². The van der Waals surface area contributed by atoms with Crippen molar-refractivity contribution >= 4 is 23.4 Å². The molecule has 1 rings (SSSR count). The average molecular weight is 179 g/mol. The fourth-order valence-electron chi connectivity index (χ4n) is 0.782. The fourth-order valence-corrected chi connectivity index (χ4v) is 0.782. The number of hydrogen-bond acceptors (Lipinski definition) is 3. The molecule has 68 valence electrons. The zero-order valence-corrected chi connectivity index (χ0v) is 7.42. The Morgan fingerprint density at radius 2 is 2.08 bits per heavy atom. The van der Waals surface area contributed by atoms with Crippen molar-refractivity contribution in [2.75, 3.05) is 0 Å². The van der Waals surface area contributed by atoms with E-state index in [1.807, 2.05) is 0 Å².